The van der Waals surface area contributed by atoms with Gasteiger partial charge in [0.25, 0.3) is 0 Å². The minimum absolute atomic E-state index is 0.0372. The van der Waals surface area contributed by atoms with E-state index in [9.17, 15) is 13.2 Å². The van der Waals surface area contributed by atoms with Crippen LogP contribution in [0.25, 0.3) is 11.0 Å². The third kappa shape index (κ3) is 3.50. The first kappa shape index (κ1) is 18.9. The van der Waals surface area contributed by atoms with Crippen LogP contribution in [0.1, 0.15) is 25.7 Å². The van der Waals surface area contributed by atoms with Gasteiger partial charge in [0.1, 0.15) is 10.9 Å². The van der Waals surface area contributed by atoms with Gasteiger partial charge < -0.3 is 19.5 Å². The van der Waals surface area contributed by atoms with Crippen LogP contribution in [0.15, 0.2) is 30.6 Å². The second kappa shape index (κ2) is 6.98. The Labute approximate surface area is 170 Å². The van der Waals surface area contributed by atoms with Gasteiger partial charge in [-0.15, -0.1) is 0 Å². The van der Waals surface area contributed by atoms with Gasteiger partial charge in [-0.25, -0.2) is 18.2 Å². The molecule has 156 valence electrons. The van der Waals surface area contributed by atoms with E-state index in [-0.39, 0.29) is 24.4 Å². The Hall–Kier alpha value is -2.13. The lowest BCUT2D eigenvalue weighted by Gasteiger charge is -2.52. The number of likely N-dealkylation sites (tertiary alicyclic amines) is 1. The average molecular weight is 419 g/mol. The van der Waals surface area contributed by atoms with Crippen molar-refractivity contribution in [3.8, 4) is 0 Å². The zero-order valence-corrected chi connectivity index (χ0v) is 17.1. The molecule has 8 nitrogen and oxygen atoms in total. The van der Waals surface area contributed by atoms with Crippen molar-refractivity contribution in [2.24, 2.45) is 0 Å². The molecule has 0 bridgehead atoms. The van der Waals surface area contributed by atoms with E-state index >= 15 is 0 Å². The molecule has 2 aliphatic heterocycles. The Kier molecular flexibility index (Phi) is 4.54. The quantitative estimate of drug-likeness (QED) is 0.816. The Morgan fingerprint density at radius 2 is 2.00 bits per heavy atom. The number of hydrogen-bond acceptors (Lipinski definition) is 5. The molecule has 1 spiro atoms. The van der Waals surface area contributed by atoms with Gasteiger partial charge in [-0.1, -0.05) is 25.0 Å². The van der Waals surface area contributed by atoms with Gasteiger partial charge in [-0.05, 0) is 25.0 Å². The van der Waals surface area contributed by atoms with Crippen LogP contribution >= 0.6 is 0 Å². The van der Waals surface area contributed by atoms with Crippen molar-refractivity contribution in [1.29, 1.82) is 0 Å². The number of amides is 2. The topological polar surface area (TPSA) is 93.5 Å². The Balaban J connectivity index is 1.21. The number of carbonyl (C=O) groups excluding carboxylic acids is 1. The maximum absolute atomic E-state index is 13.0. The van der Waals surface area contributed by atoms with E-state index in [1.807, 2.05) is 28.8 Å². The molecule has 2 aromatic rings. The number of nitrogens with zero attached hydrogens (tertiary/aromatic N) is 3. The largest absolute Gasteiger partial charge is 0.369 e. The average Bonchev–Trinajstić information content (AvgIpc) is 3.31. The van der Waals surface area contributed by atoms with Crippen LogP contribution in [0, 0.1) is 0 Å². The molecule has 29 heavy (non-hydrogen) atoms. The second-order valence-corrected chi connectivity index (χ2v) is 10.9. The van der Waals surface area contributed by atoms with Crippen molar-refractivity contribution in [3.05, 3.63) is 30.6 Å². The van der Waals surface area contributed by atoms with E-state index in [4.69, 9.17) is 4.74 Å². The first-order valence-corrected chi connectivity index (χ1v) is 12.0. The monoisotopic (exact) mass is 418 g/mol. The number of ether oxygens (including phenoxy) is 1. The van der Waals surface area contributed by atoms with E-state index in [1.54, 1.807) is 11.2 Å². The summed E-state index contributed by atoms with van der Waals surface area (Å²) in [7, 11) is -3.34. The van der Waals surface area contributed by atoms with E-state index in [0.29, 0.717) is 19.6 Å². The molecule has 2 saturated heterocycles. The minimum atomic E-state index is -3.34. The molecule has 1 aromatic carbocycles. The lowest BCUT2D eigenvalue weighted by Crippen LogP contribution is -2.72. The summed E-state index contributed by atoms with van der Waals surface area (Å²) in [5.74, 6) is -0.0372. The fourth-order valence-corrected chi connectivity index (χ4v) is 6.65. The molecule has 0 unspecified atom stereocenters. The summed E-state index contributed by atoms with van der Waals surface area (Å²) in [5, 5.41) is 2.45. The fraction of sp³-hybridized carbons (Fsp3) is 0.600. The molecule has 5 rings (SSSR count). The number of nitrogens with one attached hydrogen (secondary N) is 1. The Morgan fingerprint density at radius 1 is 1.24 bits per heavy atom. The van der Waals surface area contributed by atoms with Gasteiger partial charge in [0.05, 0.1) is 42.8 Å². The molecule has 9 heteroatoms. The third-order valence-electron chi connectivity index (χ3n) is 6.40. The predicted molar refractivity (Wildman–Crippen MR) is 108 cm³/mol. The lowest BCUT2D eigenvalue weighted by molar-refractivity contribution is -0.118. The number of rotatable bonds is 3. The van der Waals surface area contributed by atoms with Gasteiger partial charge >= 0.3 is 6.03 Å². The van der Waals surface area contributed by atoms with E-state index in [1.165, 1.54) is 0 Å². The van der Waals surface area contributed by atoms with Crippen LogP contribution in [-0.2, 0) is 21.1 Å². The molecule has 1 N–H and O–H groups in total. The number of carbonyl (C=O) groups is 1. The van der Waals surface area contributed by atoms with Crippen LogP contribution in [0.5, 0.6) is 0 Å². The molecule has 1 saturated carbocycles. The number of urea groups is 1. The standard InChI is InChI=1S/C20H26N4O4S/c25-19(22-15-5-1-2-6-15)24-11-20(12-24)13-29(26,27)16(10-28-20)9-23-14-21-17-7-3-4-8-18(17)23/h3-4,7-8,14-16H,1-2,5-6,9-13H2,(H,22,25)/t16-/m0/s1. The summed E-state index contributed by atoms with van der Waals surface area (Å²) < 4.78 is 33.9. The molecule has 3 heterocycles. The summed E-state index contributed by atoms with van der Waals surface area (Å²) >= 11 is 0. The van der Waals surface area contributed by atoms with Crippen LogP contribution in [0.2, 0.25) is 0 Å². The van der Waals surface area contributed by atoms with E-state index in [0.717, 1.165) is 36.7 Å². The molecule has 1 aromatic heterocycles. The Morgan fingerprint density at radius 3 is 2.76 bits per heavy atom. The van der Waals surface area contributed by atoms with Gasteiger partial charge in [-0.3, -0.25) is 0 Å². The van der Waals surface area contributed by atoms with Crippen LogP contribution in [0.3, 0.4) is 0 Å². The molecule has 3 fully saturated rings. The van der Waals surface area contributed by atoms with Crippen molar-refractivity contribution < 1.29 is 17.9 Å². The van der Waals surface area contributed by atoms with Gasteiger partial charge in [-0.2, -0.15) is 0 Å². The zero-order valence-electron chi connectivity index (χ0n) is 16.3. The van der Waals surface area contributed by atoms with Crippen molar-refractivity contribution in [1.82, 2.24) is 19.8 Å². The van der Waals surface area contributed by atoms with E-state index in [2.05, 4.69) is 10.3 Å². The summed E-state index contributed by atoms with van der Waals surface area (Å²) in [6.07, 6.45) is 6.05. The van der Waals surface area contributed by atoms with Crippen molar-refractivity contribution >= 4 is 26.9 Å². The highest BCUT2D eigenvalue weighted by Gasteiger charge is 2.54. The molecular formula is C20H26N4O4S. The van der Waals surface area contributed by atoms with Crippen molar-refractivity contribution in [2.45, 2.75) is 49.1 Å². The van der Waals surface area contributed by atoms with E-state index < -0.39 is 20.7 Å². The van der Waals surface area contributed by atoms with Crippen molar-refractivity contribution in [3.63, 3.8) is 0 Å². The predicted octanol–water partition coefficient (Wildman–Crippen LogP) is 1.56. The summed E-state index contributed by atoms with van der Waals surface area (Å²) in [4.78, 5) is 18.4. The number of imidazole rings is 1. The summed E-state index contributed by atoms with van der Waals surface area (Å²) in [5.41, 5.74) is 1.02. The maximum atomic E-state index is 13.0. The Bertz CT molecular complexity index is 1020. The third-order valence-corrected chi connectivity index (χ3v) is 8.63. The van der Waals surface area contributed by atoms with Crippen molar-refractivity contribution in [2.75, 3.05) is 25.4 Å². The number of hydrogen-bond donors (Lipinski definition) is 1. The highest BCUT2D eigenvalue weighted by molar-refractivity contribution is 7.92. The minimum Gasteiger partial charge on any atom is -0.369 e. The molecule has 1 atom stereocenters. The summed E-state index contributed by atoms with van der Waals surface area (Å²) in [6.45, 7) is 1.15. The molecule has 2 amide bonds. The zero-order chi connectivity index (χ0) is 20.1. The summed E-state index contributed by atoms with van der Waals surface area (Å²) in [6, 6.07) is 7.83. The number of aromatic nitrogens is 2. The molecular weight excluding hydrogens is 392 g/mol. The van der Waals surface area contributed by atoms with Crippen LogP contribution < -0.4 is 5.32 Å². The van der Waals surface area contributed by atoms with Crippen LogP contribution in [-0.4, -0.2) is 71.2 Å². The highest BCUT2D eigenvalue weighted by atomic mass is 32.2. The highest BCUT2D eigenvalue weighted by Crippen LogP contribution is 2.33. The van der Waals surface area contributed by atoms with Gasteiger partial charge in [0.15, 0.2) is 9.84 Å². The molecule has 1 aliphatic carbocycles. The number of fused-ring (bicyclic) bond motifs is 1. The lowest BCUT2D eigenvalue weighted by atomic mass is 9.96. The molecule has 0 radical (unpaired) electrons. The molecule has 3 aliphatic rings. The fourth-order valence-electron chi connectivity index (χ4n) is 4.75. The van der Waals surface area contributed by atoms with Gasteiger partial charge in [0.2, 0.25) is 0 Å². The second-order valence-electron chi connectivity index (χ2n) is 8.60. The maximum Gasteiger partial charge on any atom is 0.317 e. The number of benzene rings is 1. The SMILES string of the molecule is O=C(NC1CCCC1)N1CC2(C1)CS(=O)(=O)[C@@H](Cn1cnc3ccccc31)CO2. The van der Waals surface area contributed by atoms with Gasteiger partial charge in [0, 0.05) is 12.6 Å². The first-order chi connectivity index (χ1) is 13.9. The van der Waals surface area contributed by atoms with Crippen LogP contribution in [0.4, 0.5) is 4.79 Å². The smallest absolute Gasteiger partial charge is 0.317 e. The number of sulfone groups is 1. The first-order valence-electron chi connectivity index (χ1n) is 10.3. The normalized spacial score (nSPS) is 25.9. The number of para-hydroxylation sites is 2.